The molecule has 1 N–H and O–H groups in total. The predicted octanol–water partition coefficient (Wildman–Crippen LogP) is 1.65. The Kier molecular flexibility index (Phi) is 3.61. The molecule has 0 aromatic heterocycles. The van der Waals surface area contributed by atoms with Gasteiger partial charge in [-0.15, -0.1) is 0 Å². The van der Waals surface area contributed by atoms with E-state index in [9.17, 15) is 9.36 Å². The zero-order valence-corrected chi connectivity index (χ0v) is 6.93. The van der Waals surface area contributed by atoms with Crippen LogP contribution in [0.5, 0.6) is 0 Å². The van der Waals surface area contributed by atoms with E-state index in [1.807, 2.05) is 0 Å². The van der Waals surface area contributed by atoms with Crippen LogP contribution in [0.25, 0.3) is 0 Å². The molecular formula is C5H11O4P. The van der Waals surface area contributed by atoms with Gasteiger partial charge in [-0.3, -0.25) is 0 Å². The molecule has 0 heterocycles. The highest BCUT2D eigenvalue weighted by atomic mass is 31.2. The second kappa shape index (κ2) is 3.74. The van der Waals surface area contributed by atoms with Gasteiger partial charge < -0.3 is 14.4 Å². The van der Waals surface area contributed by atoms with E-state index in [0.717, 1.165) is 0 Å². The smallest absolute Gasteiger partial charge is 0.363 e. The molecule has 0 aromatic rings. The third kappa shape index (κ3) is 2.12. The van der Waals surface area contributed by atoms with Crippen molar-refractivity contribution in [3.05, 3.63) is 0 Å². The van der Waals surface area contributed by atoms with Gasteiger partial charge in [-0.2, -0.15) is 0 Å². The molecule has 0 aliphatic rings. The van der Waals surface area contributed by atoms with Gasteiger partial charge in [-0.05, 0) is 0 Å². The van der Waals surface area contributed by atoms with Gasteiger partial charge in [0, 0.05) is 13.3 Å². The average molecular weight is 166 g/mol. The fourth-order valence-corrected chi connectivity index (χ4v) is 1.47. The SMILES string of the molecule is CCP(=O)(COC)C(=O)O. The molecule has 0 spiro atoms. The lowest BCUT2D eigenvalue weighted by Crippen LogP contribution is -2.03. The Hall–Kier alpha value is -0.340. The summed E-state index contributed by atoms with van der Waals surface area (Å²) in [5.74, 6) is 0. The number of carbonyl (C=O) groups is 1. The van der Waals surface area contributed by atoms with Crippen LogP contribution in [0.1, 0.15) is 6.92 Å². The van der Waals surface area contributed by atoms with Crippen LogP contribution in [0.15, 0.2) is 0 Å². The van der Waals surface area contributed by atoms with Crippen molar-refractivity contribution < 1.29 is 19.2 Å². The normalized spacial score (nSPS) is 16.2. The highest BCUT2D eigenvalue weighted by Gasteiger charge is 2.28. The molecule has 0 radical (unpaired) electrons. The minimum atomic E-state index is -3.08. The van der Waals surface area contributed by atoms with Crippen LogP contribution in [-0.2, 0) is 9.30 Å². The highest BCUT2D eigenvalue weighted by Crippen LogP contribution is 2.45. The van der Waals surface area contributed by atoms with E-state index in [1.54, 1.807) is 6.92 Å². The van der Waals surface area contributed by atoms with E-state index < -0.39 is 12.9 Å². The third-order valence-electron chi connectivity index (χ3n) is 1.20. The zero-order valence-electron chi connectivity index (χ0n) is 6.03. The van der Waals surface area contributed by atoms with Gasteiger partial charge in [0.15, 0.2) is 0 Å². The van der Waals surface area contributed by atoms with Crippen molar-refractivity contribution in [3.8, 4) is 0 Å². The van der Waals surface area contributed by atoms with Crippen molar-refractivity contribution >= 4 is 12.9 Å². The van der Waals surface area contributed by atoms with Gasteiger partial charge in [-0.1, -0.05) is 6.92 Å². The van der Waals surface area contributed by atoms with E-state index >= 15 is 0 Å². The van der Waals surface area contributed by atoms with Gasteiger partial charge in [-0.25, -0.2) is 4.79 Å². The van der Waals surface area contributed by atoms with Crippen LogP contribution in [0, 0.1) is 0 Å². The van der Waals surface area contributed by atoms with Gasteiger partial charge >= 0.3 is 5.71 Å². The topological polar surface area (TPSA) is 63.6 Å². The summed E-state index contributed by atoms with van der Waals surface area (Å²) >= 11 is 0. The van der Waals surface area contributed by atoms with Crippen molar-refractivity contribution in [1.29, 1.82) is 0 Å². The molecule has 0 aliphatic heterocycles. The minimum Gasteiger partial charge on any atom is -0.476 e. The second-order valence-electron chi connectivity index (χ2n) is 1.91. The van der Waals surface area contributed by atoms with Crippen LogP contribution < -0.4 is 0 Å². The number of carboxylic acid groups (broad SMARTS) is 1. The molecule has 4 nitrogen and oxygen atoms in total. The first-order valence-electron chi connectivity index (χ1n) is 2.87. The molecule has 0 fully saturated rings. The Morgan fingerprint density at radius 1 is 1.70 bits per heavy atom. The fraction of sp³-hybridized carbons (Fsp3) is 0.800. The van der Waals surface area contributed by atoms with E-state index in [2.05, 4.69) is 4.74 Å². The summed E-state index contributed by atoms with van der Waals surface area (Å²) in [6.07, 6.45) is -0.0188. The molecule has 0 bridgehead atoms. The number of methoxy groups -OCH3 is 1. The summed E-state index contributed by atoms with van der Waals surface area (Å²) < 4.78 is 15.7. The van der Waals surface area contributed by atoms with Crippen LogP contribution in [0.2, 0.25) is 0 Å². The van der Waals surface area contributed by atoms with E-state index in [0.29, 0.717) is 0 Å². The number of ether oxygens (including phenoxy) is 1. The van der Waals surface area contributed by atoms with Crippen LogP contribution in [-0.4, -0.2) is 30.4 Å². The van der Waals surface area contributed by atoms with Gasteiger partial charge in [0.1, 0.15) is 6.35 Å². The first-order valence-corrected chi connectivity index (χ1v) is 4.95. The largest absolute Gasteiger partial charge is 0.476 e. The van der Waals surface area contributed by atoms with Crippen molar-refractivity contribution in [1.82, 2.24) is 0 Å². The zero-order chi connectivity index (χ0) is 8.20. The summed E-state index contributed by atoms with van der Waals surface area (Å²) in [6, 6.07) is 0. The standard InChI is InChI=1S/C5H11O4P/c1-3-10(8,4-9-2)5(6)7/h3-4H2,1-2H3,(H,6,7). The molecule has 0 rings (SSSR count). The summed E-state index contributed by atoms with van der Waals surface area (Å²) in [7, 11) is -1.74. The Morgan fingerprint density at radius 3 is 2.30 bits per heavy atom. The molecule has 0 aromatic carbocycles. The van der Waals surface area contributed by atoms with Crippen molar-refractivity contribution in [2.24, 2.45) is 0 Å². The Morgan fingerprint density at radius 2 is 2.20 bits per heavy atom. The highest BCUT2D eigenvalue weighted by molar-refractivity contribution is 7.79. The van der Waals surface area contributed by atoms with Gasteiger partial charge in [0.2, 0.25) is 7.14 Å². The monoisotopic (exact) mass is 166 g/mol. The van der Waals surface area contributed by atoms with E-state index in [4.69, 9.17) is 5.11 Å². The molecule has 1 unspecified atom stereocenters. The molecule has 0 saturated heterocycles. The van der Waals surface area contributed by atoms with Crippen molar-refractivity contribution in [2.75, 3.05) is 19.6 Å². The summed E-state index contributed by atoms with van der Waals surface area (Å²) in [4.78, 5) is 10.3. The molecule has 5 heteroatoms. The molecule has 1 atom stereocenters. The van der Waals surface area contributed by atoms with Crippen LogP contribution in [0.3, 0.4) is 0 Å². The van der Waals surface area contributed by atoms with E-state index in [-0.39, 0.29) is 12.5 Å². The quantitative estimate of drug-likeness (QED) is 0.645. The Labute approximate surface area is 59.6 Å². The third-order valence-corrected chi connectivity index (χ3v) is 3.59. The molecule has 0 aliphatic carbocycles. The maximum atomic E-state index is 11.2. The summed E-state index contributed by atoms with van der Waals surface area (Å²) in [6.45, 7) is 1.58. The van der Waals surface area contributed by atoms with Crippen molar-refractivity contribution in [3.63, 3.8) is 0 Å². The fourth-order valence-electron chi connectivity index (χ4n) is 0.490. The minimum absolute atomic E-state index is 0.149. The first-order chi connectivity index (χ1) is 4.56. The molecule has 10 heavy (non-hydrogen) atoms. The van der Waals surface area contributed by atoms with E-state index in [1.165, 1.54) is 7.11 Å². The van der Waals surface area contributed by atoms with Crippen molar-refractivity contribution in [2.45, 2.75) is 6.92 Å². The average Bonchev–Trinajstić information content (AvgIpc) is 1.88. The lowest BCUT2D eigenvalue weighted by Gasteiger charge is -2.07. The lowest BCUT2D eigenvalue weighted by molar-refractivity contribution is 0.213. The Balaban J connectivity index is 4.25. The van der Waals surface area contributed by atoms with Gasteiger partial charge in [0.05, 0.1) is 0 Å². The van der Waals surface area contributed by atoms with Gasteiger partial charge in [0.25, 0.3) is 0 Å². The molecular weight excluding hydrogens is 155 g/mol. The molecule has 60 valence electrons. The number of hydrogen-bond donors (Lipinski definition) is 1. The van der Waals surface area contributed by atoms with Crippen LogP contribution in [0.4, 0.5) is 4.79 Å². The summed E-state index contributed by atoms with van der Waals surface area (Å²) in [5.41, 5.74) is -1.24. The Bertz CT molecular complexity index is 165. The number of rotatable bonds is 4. The van der Waals surface area contributed by atoms with Crippen LogP contribution >= 0.6 is 7.14 Å². The molecule has 0 saturated carbocycles. The second-order valence-corrected chi connectivity index (χ2v) is 4.96. The summed E-state index contributed by atoms with van der Waals surface area (Å²) in [5, 5.41) is 8.42. The lowest BCUT2D eigenvalue weighted by atomic mass is 11.0. The maximum Gasteiger partial charge on any atom is 0.363 e. The number of hydrogen-bond acceptors (Lipinski definition) is 3. The molecule has 0 amide bonds. The maximum absolute atomic E-state index is 11.2. The predicted molar refractivity (Wildman–Crippen MR) is 38.0 cm³/mol. The first kappa shape index (κ1) is 9.66.